The topological polar surface area (TPSA) is 88.4 Å². The smallest absolute Gasteiger partial charge is 0.275 e. The number of nitrogens with zero attached hydrogens (tertiary/aromatic N) is 3. The molecule has 0 unspecified atom stereocenters. The van der Waals surface area contributed by atoms with Crippen molar-refractivity contribution in [1.29, 1.82) is 0 Å². The quantitative estimate of drug-likeness (QED) is 0.664. The van der Waals surface area contributed by atoms with Crippen molar-refractivity contribution in [2.45, 2.75) is 26.2 Å². The highest BCUT2D eigenvalue weighted by Gasteiger charge is 2.09. The molecule has 8 heteroatoms. The summed E-state index contributed by atoms with van der Waals surface area (Å²) in [5, 5.41) is 10.8. The lowest BCUT2D eigenvalue weighted by Gasteiger charge is -2.05. The van der Waals surface area contributed by atoms with Crippen molar-refractivity contribution in [1.82, 2.24) is 19.9 Å². The third-order valence-corrected chi connectivity index (χ3v) is 4.78. The van der Waals surface area contributed by atoms with Crippen LogP contribution in [-0.4, -0.2) is 34.1 Å². The van der Waals surface area contributed by atoms with E-state index in [1.807, 2.05) is 18.2 Å². The molecule has 26 heavy (non-hydrogen) atoms. The molecule has 3 aromatic rings. The van der Waals surface area contributed by atoms with Crippen LogP contribution in [0.5, 0.6) is 0 Å². The van der Waals surface area contributed by atoms with Crippen molar-refractivity contribution in [2.24, 2.45) is 0 Å². The van der Waals surface area contributed by atoms with Gasteiger partial charge in [-0.2, -0.15) is 4.52 Å². The van der Waals surface area contributed by atoms with Gasteiger partial charge in [-0.1, -0.05) is 36.8 Å². The number of hydrogen-bond acceptors (Lipinski definition) is 6. The molecule has 0 aliphatic heterocycles. The molecule has 0 bridgehead atoms. The Balaban J connectivity index is 1.67. The average molecular weight is 371 g/mol. The van der Waals surface area contributed by atoms with Gasteiger partial charge < -0.3 is 10.6 Å². The zero-order valence-electron chi connectivity index (χ0n) is 14.8. The summed E-state index contributed by atoms with van der Waals surface area (Å²) in [4.78, 5) is 28.9. The number of carbonyl (C=O) groups excluding carboxylic acids is 1. The van der Waals surface area contributed by atoms with Crippen molar-refractivity contribution < 1.29 is 4.79 Å². The van der Waals surface area contributed by atoms with Gasteiger partial charge in [0.2, 0.25) is 10.1 Å². The van der Waals surface area contributed by atoms with Crippen molar-refractivity contribution in [2.75, 3.05) is 18.9 Å². The first kappa shape index (κ1) is 18.1. The number of nitrogens with one attached hydrogen (secondary N) is 2. The summed E-state index contributed by atoms with van der Waals surface area (Å²) in [5.74, 6) is -0.0979. The van der Waals surface area contributed by atoms with E-state index in [1.165, 1.54) is 15.9 Å². The van der Waals surface area contributed by atoms with Crippen LogP contribution in [0.4, 0.5) is 5.13 Å². The van der Waals surface area contributed by atoms with Crippen LogP contribution in [0.25, 0.3) is 4.96 Å². The molecular weight excluding hydrogens is 350 g/mol. The van der Waals surface area contributed by atoms with Gasteiger partial charge in [-0.25, -0.2) is 4.98 Å². The highest BCUT2D eigenvalue weighted by Crippen LogP contribution is 2.17. The lowest BCUT2D eigenvalue weighted by Crippen LogP contribution is -2.18. The Kier molecular flexibility index (Phi) is 5.62. The first-order chi connectivity index (χ1) is 12.6. The number of rotatable bonds is 7. The fourth-order valence-corrected chi connectivity index (χ4v) is 3.49. The van der Waals surface area contributed by atoms with Crippen molar-refractivity contribution in [3.8, 4) is 0 Å². The van der Waals surface area contributed by atoms with Gasteiger partial charge in [0.25, 0.3) is 11.5 Å². The second-order valence-corrected chi connectivity index (χ2v) is 6.85. The van der Waals surface area contributed by atoms with Crippen molar-refractivity contribution in [3.05, 3.63) is 57.5 Å². The summed E-state index contributed by atoms with van der Waals surface area (Å²) in [6.07, 6.45) is 2.47. The van der Waals surface area contributed by atoms with E-state index in [0.717, 1.165) is 30.5 Å². The summed E-state index contributed by atoms with van der Waals surface area (Å²) in [6, 6.07) is 9.06. The van der Waals surface area contributed by atoms with Crippen LogP contribution >= 0.6 is 11.3 Å². The molecule has 3 rings (SSSR count). The largest absolute Gasteiger partial charge is 0.360 e. The van der Waals surface area contributed by atoms with Crippen molar-refractivity contribution in [3.63, 3.8) is 0 Å². The van der Waals surface area contributed by atoms with Gasteiger partial charge in [0.05, 0.1) is 0 Å². The number of carbonyl (C=O) groups is 1. The molecule has 0 aliphatic rings. The molecule has 0 saturated heterocycles. The van der Waals surface area contributed by atoms with E-state index < -0.39 is 0 Å². The Labute approximate surface area is 155 Å². The Morgan fingerprint density at radius 3 is 2.88 bits per heavy atom. The summed E-state index contributed by atoms with van der Waals surface area (Å²) in [6.45, 7) is 2.70. The first-order valence-electron chi connectivity index (χ1n) is 8.55. The maximum Gasteiger partial charge on any atom is 0.275 e. The summed E-state index contributed by atoms with van der Waals surface area (Å²) < 4.78 is 1.33. The highest BCUT2D eigenvalue weighted by molar-refractivity contribution is 7.20. The fraction of sp³-hybridized carbons (Fsp3) is 0.333. The number of amides is 1. The van der Waals surface area contributed by atoms with E-state index >= 15 is 0 Å². The predicted octanol–water partition coefficient (Wildman–Crippen LogP) is 2.12. The Morgan fingerprint density at radius 1 is 1.27 bits per heavy atom. The van der Waals surface area contributed by atoms with Gasteiger partial charge in [-0.05, 0) is 30.5 Å². The minimum absolute atomic E-state index is 0.0979. The summed E-state index contributed by atoms with van der Waals surface area (Å²) in [5.41, 5.74) is 2.35. The molecule has 1 aromatic carbocycles. The number of anilines is 1. The lowest BCUT2D eigenvalue weighted by atomic mass is 10.1. The number of hydrogen-bond donors (Lipinski definition) is 2. The molecule has 0 spiro atoms. The average Bonchev–Trinajstić information content (AvgIpc) is 3.05. The Hall–Kier alpha value is -2.74. The Morgan fingerprint density at radius 2 is 2.12 bits per heavy atom. The maximum absolute atomic E-state index is 12.1. The zero-order chi connectivity index (χ0) is 18.5. The van der Waals surface area contributed by atoms with E-state index in [4.69, 9.17) is 0 Å². The fourth-order valence-electron chi connectivity index (χ4n) is 2.64. The Bertz CT molecular complexity index is 979. The van der Waals surface area contributed by atoms with E-state index in [2.05, 4.69) is 27.6 Å². The zero-order valence-corrected chi connectivity index (χ0v) is 15.6. The molecule has 0 fully saturated rings. The normalized spacial score (nSPS) is 10.8. The van der Waals surface area contributed by atoms with E-state index in [9.17, 15) is 9.59 Å². The predicted molar refractivity (Wildman–Crippen MR) is 103 cm³/mol. The second kappa shape index (κ2) is 8.09. The molecule has 2 heterocycles. The van der Waals surface area contributed by atoms with Gasteiger partial charge in [-0.3, -0.25) is 9.59 Å². The minimum Gasteiger partial charge on any atom is -0.360 e. The summed E-state index contributed by atoms with van der Waals surface area (Å²) >= 11 is 1.36. The molecule has 2 N–H and O–H groups in total. The van der Waals surface area contributed by atoms with Crippen LogP contribution < -0.4 is 16.2 Å². The SMILES string of the molecule is CCCc1cc(=O)n2nc(NCCc3cccc(C(=O)NC)c3)sc2n1. The molecular formula is C18H21N5O2S. The molecule has 7 nitrogen and oxygen atoms in total. The van der Waals surface area contributed by atoms with E-state index in [-0.39, 0.29) is 11.5 Å². The van der Waals surface area contributed by atoms with E-state index in [1.54, 1.807) is 19.2 Å². The van der Waals surface area contributed by atoms with Crippen LogP contribution in [0, 0.1) is 0 Å². The van der Waals surface area contributed by atoms with Gasteiger partial charge in [-0.15, -0.1) is 5.10 Å². The molecule has 2 aromatic heterocycles. The third-order valence-electron chi connectivity index (χ3n) is 3.91. The first-order valence-corrected chi connectivity index (χ1v) is 9.37. The van der Waals surface area contributed by atoms with Crippen molar-refractivity contribution >= 4 is 27.3 Å². The van der Waals surface area contributed by atoms with Gasteiger partial charge >= 0.3 is 0 Å². The lowest BCUT2D eigenvalue weighted by molar-refractivity contribution is 0.0963. The van der Waals surface area contributed by atoms with Crippen LogP contribution in [0.15, 0.2) is 35.1 Å². The van der Waals surface area contributed by atoms with Crippen LogP contribution in [0.3, 0.4) is 0 Å². The number of fused-ring (bicyclic) bond motifs is 1. The molecule has 136 valence electrons. The van der Waals surface area contributed by atoms with Gasteiger partial charge in [0, 0.05) is 30.9 Å². The molecule has 0 radical (unpaired) electrons. The van der Waals surface area contributed by atoms with Crippen LogP contribution in [0.1, 0.15) is 35.0 Å². The van der Waals surface area contributed by atoms with Crippen LogP contribution in [-0.2, 0) is 12.8 Å². The van der Waals surface area contributed by atoms with Gasteiger partial charge in [0.15, 0.2) is 0 Å². The number of benzene rings is 1. The number of aromatic nitrogens is 3. The third kappa shape index (κ3) is 4.08. The second-order valence-electron chi connectivity index (χ2n) is 5.89. The molecule has 0 saturated carbocycles. The van der Waals surface area contributed by atoms with Gasteiger partial charge in [0.1, 0.15) is 0 Å². The molecule has 1 amide bonds. The maximum atomic E-state index is 12.1. The monoisotopic (exact) mass is 371 g/mol. The highest BCUT2D eigenvalue weighted by atomic mass is 32.1. The molecule has 0 atom stereocenters. The minimum atomic E-state index is -0.152. The standard InChI is InChI=1S/C18H21N5O2S/c1-3-5-14-11-15(24)23-18(21-14)26-17(22-23)20-9-8-12-6-4-7-13(10-12)16(25)19-2/h4,6-7,10-11H,3,5,8-9H2,1-2H3,(H,19,25)(H,20,22). The molecule has 0 aliphatic carbocycles. The number of aryl methyl sites for hydroxylation is 1. The van der Waals surface area contributed by atoms with E-state index in [0.29, 0.717) is 22.2 Å². The summed E-state index contributed by atoms with van der Waals surface area (Å²) in [7, 11) is 1.62. The van der Waals surface area contributed by atoms with Crippen LogP contribution in [0.2, 0.25) is 0 Å².